The molecule has 1 aromatic heterocycles. The maximum absolute atomic E-state index is 10.2. The molecule has 7 nitrogen and oxygen atoms in total. The van der Waals surface area contributed by atoms with Crippen LogP contribution in [0.3, 0.4) is 0 Å². The first kappa shape index (κ1) is 8.44. The fourth-order valence-corrected chi connectivity index (χ4v) is 0.585. The Balaban J connectivity index is 2.84. The highest BCUT2D eigenvalue weighted by atomic mass is 16.7. The maximum atomic E-state index is 10.2. The van der Waals surface area contributed by atoms with Crippen molar-refractivity contribution in [3.8, 4) is 5.88 Å². The molecule has 0 bridgehead atoms. The fraction of sp³-hybridized carbons (Fsp3) is 0.600. The monoisotopic (exact) mass is 173 g/mol. The van der Waals surface area contributed by atoms with E-state index in [9.17, 15) is 10.1 Å². The minimum atomic E-state index is -0.714. The van der Waals surface area contributed by atoms with Gasteiger partial charge in [-0.25, -0.2) is 0 Å². The molecule has 12 heavy (non-hydrogen) atoms. The number of hydrogen-bond acceptors (Lipinski definition) is 6. The van der Waals surface area contributed by atoms with E-state index < -0.39 is 10.7 Å². The van der Waals surface area contributed by atoms with Gasteiger partial charge in [0.2, 0.25) is 0 Å². The molecule has 0 saturated heterocycles. The van der Waals surface area contributed by atoms with Crippen LogP contribution in [0.15, 0.2) is 4.63 Å². The molecule has 0 aliphatic carbocycles. The van der Waals surface area contributed by atoms with Gasteiger partial charge >= 0.3 is 11.7 Å². The summed E-state index contributed by atoms with van der Waals surface area (Å²) in [6, 6.07) is 0. The van der Waals surface area contributed by atoms with Crippen LogP contribution in [0, 0.1) is 10.1 Å². The smallest absolute Gasteiger partial charge is 0.467 e. The van der Waals surface area contributed by atoms with E-state index in [0.29, 0.717) is 0 Å². The van der Waals surface area contributed by atoms with E-state index in [1.165, 1.54) is 0 Å². The molecule has 0 aliphatic rings. The van der Waals surface area contributed by atoms with E-state index >= 15 is 0 Å². The van der Waals surface area contributed by atoms with Crippen molar-refractivity contribution in [2.45, 2.75) is 20.0 Å². The molecule has 0 N–H and O–H groups in total. The Morgan fingerprint density at radius 3 is 2.75 bits per heavy atom. The average Bonchev–Trinajstić information content (AvgIpc) is 2.33. The lowest BCUT2D eigenvalue weighted by atomic mass is 10.5. The number of rotatable bonds is 3. The Bertz CT molecular complexity index is 282. The van der Waals surface area contributed by atoms with Crippen molar-refractivity contribution in [3.05, 3.63) is 10.1 Å². The predicted octanol–water partition coefficient (Wildman–Crippen LogP) is 0.765. The summed E-state index contributed by atoms with van der Waals surface area (Å²) in [5.41, 5.74) is 0. The van der Waals surface area contributed by atoms with Gasteiger partial charge in [0.25, 0.3) is 0 Å². The van der Waals surface area contributed by atoms with Crippen LogP contribution >= 0.6 is 0 Å². The Kier molecular flexibility index (Phi) is 2.22. The second-order valence-electron chi connectivity index (χ2n) is 2.32. The van der Waals surface area contributed by atoms with E-state index in [2.05, 4.69) is 14.9 Å². The normalized spacial score (nSPS) is 10.2. The molecule has 66 valence electrons. The van der Waals surface area contributed by atoms with Crippen molar-refractivity contribution >= 4 is 5.82 Å². The van der Waals surface area contributed by atoms with Crippen LogP contribution in [0.2, 0.25) is 0 Å². The van der Waals surface area contributed by atoms with Crippen LogP contribution in [0.4, 0.5) is 5.82 Å². The first-order valence-electron chi connectivity index (χ1n) is 3.25. The van der Waals surface area contributed by atoms with E-state index in [1.807, 2.05) is 0 Å². The van der Waals surface area contributed by atoms with E-state index in [4.69, 9.17) is 4.74 Å². The van der Waals surface area contributed by atoms with Crippen molar-refractivity contribution in [2.24, 2.45) is 0 Å². The molecular weight excluding hydrogens is 166 g/mol. The van der Waals surface area contributed by atoms with Gasteiger partial charge in [-0.2, -0.15) is 0 Å². The van der Waals surface area contributed by atoms with Crippen molar-refractivity contribution in [1.82, 2.24) is 10.3 Å². The topological polar surface area (TPSA) is 91.3 Å². The highest BCUT2D eigenvalue weighted by Gasteiger charge is 2.24. The third-order valence-corrected chi connectivity index (χ3v) is 0.963. The van der Waals surface area contributed by atoms with Crippen LogP contribution in [-0.2, 0) is 0 Å². The zero-order valence-corrected chi connectivity index (χ0v) is 6.55. The Morgan fingerprint density at radius 2 is 2.25 bits per heavy atom. The average molecular weight is 173 g/mol. The van der Waals surface area contributed by atoms with Crippen molar-refractivity contribution in [1.29, 1.82) is 0 Å². The minimum Gasteiger partial charge on any atom is -0.467 e. The first-order chi connectivity index (χ1) is 5.61. The van der Waals surface area contributed by atoms with Crippen LogP contribution in [-0.4, -0.2) is 21.3 Å². The Morgan fingerprint density at radius 1 is 1.58 bits per heavy atom. The zero-order chi connectivity index (χ0) is 9.14. The van der Waals surface area contributed by atoms with Gasteiger partial charge in [-0.3, -0.25) is 0 Å². The van der Waals surface area contributed by atoms with Crippen LogP contribution in [0.1, 0.15) is 13.8 Å². The lowest BCUT2D eigenvalue weighted by Gasteiger charge is -2.02. The van der Waals surface area contributed by atoms with Crippen molar-refractivity contribution in [3.63, 3.8) is 0 Å². The SMILES string of the molecule is CC(C)Oc1nonc1[N+](=O)[O-]. The molecule has 1 heterocycles. The van der Waals surface area contributed by atoms with Gasteiger partial charge in [0, 0.05) is 5.16 Å². The van der Waals surface area contributed by atoms with Crippen molar-refractivity contribution < 1.29 is 14.3 Å². The molecule has 0 aliphatic heterocycles. The largest absolute Gasteiger partial charge is 0.478 e. The van der Waals surface area contributed by atoms with Gasteiger partial charge in [0.15, 0.2) is 5.16 Å². The predicted molar refractivity (Wildman–Crippen MR) is 36.7 cm³/mol. The van der Waals surface area contributed by atoms with Crippen LogP contribution < -0.4 is 4.74 Å². The summed E-state index contributed by atoms with van der Waals surface area (Å²) >= 11 is 0. The number of ether oxygens (including phenoxy) is 1. The highest BCUT2D eigenvalue weighted by Crippen LogP contribution is 2.21. The molecule has 0 atom stereocenters. The molecule has 0 spiro atoms. The summed E-state index contributed by atoms with van der Waals surface area (Å²) in [6.07, 6.45) is -0.199. The number of nitro groups is 1. The summed E-state index contributed by atoms with van der Waals surface area (Å²) in [5, 5.41) is 16.5. The van der Waals surface area contributed by atoms with Crippen LogP contribution in [0.5, 0.6) is 5.88 Å². The Labute approximate surface area is 67.4 Å². The van der Waals surface area contributed by atoms with E-state index in [0.717, 1.165) is 0 Å². The summed E-state index contributed by atoms with van der Waals surface area (Å²) in [5.74, 6) is -0.682. The number of aromatic nitrogens is 2. The minimum absolute atomic E-state index is 0.185. The molecule has 0 unspecified atom stereocenters. The summed E-state index contributed by atoms with van der Waals surface area (Å²) in [7, 11) is 0. The van der Waals surface area contributed by atoms with Gasteiger partial charge in [0.05, 0.1) is 6.10 Å². The van der Waals surface area contributed by atoms with Gasteiger partial charge in [0.1, 0.15) is 0 Å². The molecule has 0 amide bonds. The third kappa shape index (κ3) is 1.68. The second-order valence-corrected chi connectivity index (χ2v) is 2.32. The molecule has 0 aromatic carbocycles. The summed E-state index contributed by atoms with van der Waals surface area (Å²) in [4.78, 5) is 9.51. The lowest BCUT2D eigenvalue weighted by molar-refractivity contribution is -0.391. The molecular formula is C5H7N3O4. The van der Waals surface area contributed by atoms with E-state index in [-0.39, 0.29) is 12.0 Å². The lowest BCUT2D eigenvalue weighted by Crippen LogP contribution is -2.07. The first-order valence-corrected chi connectivity index (χ1v) is 3.25. The second kappa shape index (κ2) is 3.16. The van der Waals surface area contributed by atoms with E-state index in [1.54, 1.807) is 13.8 Å². The van der Waals surface area contributed by atoms with Gasteiger partial charge in [-0.1, -0.05) is 0 Å². The van der Waals surface area contributed by atoms with Gasteiger partial charge in [-0.15, -0.1) is 4.63 Å². The number of hydrogen-bond donors (Lipinski definition) is 0. The molecule has 0 saturated carbocycles. The van der Waals surface area contributed by atoms with Gasteiger partial charge < -0.3 is 14.9 Å². The zero-order valence-electron chi connectivity index (χ0n) is 6.55. The molecule has 1 aromatic rings. The third-order valence-electron chi connectivity index (χ3n) is 0.963. The maximum Gasteiger partial charge on any atom is 0.478 e. The number of nitrogens with zero attached hydrogens (tertiary/aromatic N) is 3. The molecule has 0 radical (unpaired) electrons. The fourth-order valence-electron chi connectivity index (χ4n) is 0.585. The summed E-state index contributed by atoms with van der Waals surface area (Å²) in [6.45, 7) is 3.44. The molecule has 7 heteroatoms. The summed E-state index contributed by atoms with van der Waals surface area (Å²) < 4.78 is 9.08. The van der Waals surface area contributed by atoms with Crippen LogP contribution in [0.25, 0.3) is 0 Å². The van der Waals surface area contributed by atoms with Crippen molar-refractivity contribution in [2.75, 3.05) is 0 Å². The standard InChI is InChI=1S/C5H7N3O4/c1-3(2)11-5-4(8(9)10)6-12-7-5/h3H,1-2H3. The van der Waals surface area contributed by atoms with Gasteiger partial charge in [-0.05, 0) is 18.8 Å². The quantitative estimate of drug-likeness (QED) is 0.495. The molecule has 0 fully saturated rings. The Hall–Kier alpha value is -1.66. The highest BCUT2D eigenvalue weighted by molar-refractivity contribution is 5.28. The molecule has 1 rings (SSSR count).